The Morgan fingerprint density at radius 1 is 1.30 bits per heavy atom. The number of nitrogens with one attached hydrogen (secondary N) is 3. The topological polar surface area (TPSA) is 105 Å². The minimum atomic E-state index is -0.530. The highest BCUT2D eigenvalue weighted by molar-refractivity contribution is 14.0. The van der Waals surface area contributed by atoms with Crippen LogP contribution < -0.4 is 16.0 Å². The van der Waals surface area contributed by atoms with Crippen molar-refractivity contribution in [1.82, 2.24) is 30.7 Å². The number of carbonyl (C=O) groups is 1. The molecule has 0 saturated carbocycles. The van der Waals surface area contributed by atoms with Gasteiger partial charge in [0.25, 0.3) is 0 Å². The number of halogens is 1. The Labute approximate surface area is 197 Å². The summed E-state index contributed by atoms with van der Waals surface area (Å²) in [5.74, 6) is 1.78. The molecular weight excluding hydrogens is 497 g/mol. The van der Waals surface area contributed by atoms with Gasteiger partial charge in [0, 0.05) is 19.0 Å². The van der Waals surface area contributed by atoms with Gasteiger partial charge in [0.2, 0.25) is 0 Å². The van der Waals surface area contributed by atoms with Gasteiger partial charge in [-0.1, -0.05) is 13.8 Å². The molecule has 0 bridgehead atoms. The second-order valence-corrected chi connectivity index (χ2v) is 8.55. The SMILES string of the molecule is CCNC(=NCC(CC)(CC)NC(=O)OC(C)(C)C)NC1CCc2ncnn2C1.I. The zero-order chi connectivity index (χ0) is 21.5. The van der Waals surface area contributed by atoms with Gasteiger partial charge in [-0.05, 0) is 47.0 Å². The minimum absolute atomic E-state index is 0. The zero-order valence-electron chi connectivity index (χ0n) is 19.1. The normalized spacial score (nSPS) is 16.9. The molecule has 0 spiro atoms. The average Bonchev–Trinajstić information content (AvgIpc) is 3.11. The third-order valence-electron chi connectivity index (χ3n) is 5.15. The molecule has 30 heavy (non-hydrogen) atoms. The van der Waals surface area contributed by atoms with Crippen molar-refractivity contribution in [3.05, 3.63) is 12.2 Å². The summed E-state index contributed by atoms with van der Waals surface area (Å²) < 4.78 is 7.39. The van der Waals surface area contributed by atoms with E-state index >= 15 is 0 Å². The maximum absolute atomic E-state index is 12.3. The molecule has 0 saturated heterocycles. The lowest BCUT2D eigenvalue weighted by Crippen LogP contribution is -2.53. The lowest BCUT2D eigenvalue weighted by Gasteiger charge is -2.33. The monoisotopic (exact) mass is 535 g/mol. The molecule has 0 fully saturated rings. The highest BCUT2D eigenvalue weighted by atomic mass is 127. The summed E-state index contributed by atoms with van der Waals surface area (Å²) in [6.45, 7) is 13.7. The van der Waals surface area contributed by atoms with Crippen LogP contribution in [-0.2, 0) is 17.7 Å². The molecule has 2 rings (SSSR count). The van der Waals surface area contributed by atoms with Gasteiger partial charge < -0.3 is 20.7 Å². The molecule has 1 unspecified atom stereocenters. The Hall–Kier alpha value is -1.59. The van der Waals surface area contributed by atoms with Crippen LogP contribution in [0.5, 0.6) is 0 Å². The van der Waals surface area contributed by atoms with Gasteiger partial charge in [0.1, 0.15) is 17.8 Å². The summed E-state index contributed by atoms with van der Waals surface area (Å²) in [6.07, 6.45) is 4.60. The van der Waals surface area contributed by atoms with Crippen LogP contribution >= 0.6 is 24.0 Å². The Bertz CT molecular complexity index is 696. The maximum atomic E-state index is 12.3. The van der Waals surface area contributed by atoms with Crippen molar-refractivity contribution in [1.29, 1.82) is 0 Å². The van der Waals surface area contributed by atoms with Gasteiger partial charge in [0.15, 0.2) is 5.96 Å². The van der Waals surface area contributed by atoms with Crippen LogP contribution in [0.25, 0.3) is 0 Å². The van der Waals surface area contributed by atoms with E-state index in [1.807, 2.05) is 32.4 Å². The van der Waals surface area contributed by atoms with E-state index in [9.17, 15) is 4.79 Å². The number of rotatable bonds is 7. The van der Waals surface area contributed by atoms with Crippen molar-refractivity contribution in [2.24, 2.45) is 4.99 Å². The second kappa shape index (κ2) is 11.7. The van der Waals surface area contributed by atoms with Gasteiger partial charge >= 0.3 is 6.09 Å². The van der Waals surface area contributed by atoms with Crippen molar-refractivity contribution < 1.29 is 9.53 Å². The first-order chi connectivity index (χ1) is 13.7. The van der Waals surface area contributed by atoms with Crippen LogP contribution in [0.15, 0.2) is 11.3 Å². The number of guanidine groups is 1. The Morgan fingerprint density at radius 2 is 2.00 bits per heavy atom. The first-order valence-electron chi connectivity index (χ1n) is 10.6. The van der Waals surface area contributed by atoms with E-state index in [2.05, 4.69) is 39.9 Å². The lowest BCUT2D eigenvalue weighted by molar-refractivity contribution is 0.0452. The van der Waals surface area contributed by atoms with Crippen LogP contribution in [0, 0.1) is 0 Å². The standard InChI is InChI=1S/C20H37N7O2.HI/c1-7-20(8-2,26-18(28)29-19(4,5)6)13-22-17(21-9-3)25-15-10-11-16-23-14-24-27(16)12-15;/h14-15H,7-13H2,1-6H3,(H,26,28)(H2,21,22,25);1H. The van der Waals surface area contributed by atoms with Crippen molar-refractivity contribution in [3.63, 3.8) is 0 Å². The molecule has 1 atom stereocenters. The van der Waals surface area contributed by atoms with E-state index in [1.165, 1.54) is 0 Å². The van der Waals surface area contributed by atoms with E-state index in [-0.39, 0.29) is 30.0 Å². The minimum Gasteiger partial charge on any atom is -0.444 e. The number of alkyl carbamates (subject to hydrolysis) is 1. The lowest BCUT2D eigenvalue weighted by atomic mass is 9.93. The first kappa shape index (κ1) is 26.4. The molecule has 1 aromatic heterocycles. The number of ether oxygens (including phenoxy) is 1. The van der Waals surface area contributed by atoms with Crippen molar-refractivity contribution in [2.45, 2.75) is 91.0 Å². The Balaban J connectivity index is 0.00000450. The summed E-state index contributed by atoms with van der Waals surface area (Å²) in [7, 11) is 0. The van der Waals surface area contributed by atoms with E-state index in [4.69, 9.17) is 9.73 Å². The molecule has 0 radical (unpaired) electrons. The van der Waals surface area contributed by atoms with Crippen molar-refractivity contribution >= 4 is 36.0 Å². The van der Waals surface area contributed by atoms with Gasteiger partial charge in [-0.3, -0.25) is 4.99 Å². The number of aryl methyl sites for hydroxylation is 1. The molecule has 10 heteroatoms. The van der Waals surface area contributed by atoms with Crippen molar-refractivity contribution in [2.75, 3.05) is 13.1 Å². The van der Waals surface area contributed by atoms with Crippen molar-refractivity contribution in [3.8, 4) is 0 Å². The number of carbonyl (C=O) groups excluding carboxylic acids is 1. The molecule has 1 aliphatic rings. The zero-order valence-corrected chi connectivity index (χ0v) is 21.4. The predicted octanol–water partition coefficient (Wildman–Crippen LogP) is 2.85. The largest absolute Gasteiger partial charge is 0.444 e. The summed E-state index contributed by atoms with van der Waals surface area (Å²) >= 11 is 0. The van der Waals surface area contributed by atoms with E-state index in [0.29, 0.717) is 6.54 Å². The molecule has 1 aromatic rings. The summed E-state index contributed by atoms with van der Waals surface area (Å²) in [4.78, 5) is 21.4. The maximum Gasteiger partial charge on any atom is 0.408 e. The third-order valence-corrected chi connectivity index (χ3v) is 5.15. The van der Waals surface area contributed by atoms with Gasteiger partial charge in [-0.25, -0.2) is 14.5 Å². The smallest absolute Gasteiger partial charge is 0.408 e. The fourth-order valence-electron chi connectivity index (χ4n) is 3.31. The van der Waals surface area contributed by atoms with E-state index < -0.39 is 17.2 Å². The number of aliphatic imine (C=N–C) groups is 1. The highest BCUT2D eigenvalue weighted by Crippen LogP contribution is 2.18. The molecule has 1 amide bonds. The molecule has 2 heterocycles. The van der Waals surface area contributed by atoms with E-state index in [1.54, 1.807) is 6.33 Å². The summed E-state index contributed by atoms with van der Waals surface area (Å²) in [5, 5.41) is 14.1. The summed E-state index contributed by atoms with van der Waals surface area (Å²) in [5.41, 5.74) is -0.978. The van der Waals surface area contributed by atoms with Crippen LogP contribution in [-0.4, -0.2) is 57.1 Å². The molecule has 3 N–H and O–H groups in total. The van der Waals surface area contributed by atoms with Crippen LogP contribution in [0.2, 0.25) is 0 Å². The van der Waals surface area contributed by atoms with Crippen LogP contribution in [0.4, 0.5) is 4.79 Å². The summed E-state index contributed by atoms with van der Waals surface area (Å²) in [6, 6.07) is 0.235. The number of nitrogens with zero attached hydrogens (tertiary/aromatic N) is 4. The Kier molecular flexibility index (Phi) is 10.3. The van der Waals surface area contributed by atoms with Crippen LogP contribution in [0.1, 0.15) is 66.6 Å². The number of fused-ring (bicyclic) bond motifs is 1. The fraction of sp³-hybridized carbons (Fsp3) is 0.800. The quantitative estimate of drug-likeness (QED) is 0.282. The molecule has 0 aliphatic carbocycles. The van der Waals surface area contributed by atoms with Crippen LogP contribution in [0.3, 0.4) is 0 Å². The Morgan fingerprint density at radius 3 is 2.60 bits per heavy atom. The molecule has 9 nitrogen and oxygen atoms in total. The van der Waals surface area contributed by atoms with E-state index in [0.717, 1.165) is 50.6 Å². The first-order valence-corrected chi connectivity index (χ1v) is 10.6. The highest BCUT2D eigenvalue weighted by Gasteiger charge is 2.31. The second-order valence-electron chi connectivity index (χ2n) is 8.55. The number of amides is 1. The number of hydrogen-bond donors (Lipinski definition) is 3. The molecule has 172 valence electrons. The average molecular weight is 535 g/mol. The predicted molar refractivity (Wildman–Crippen MR) is 129 cm³/mol. The van der Waals surface area contributed by atoms with Gasteiger partial charge in [-0.15, -0.1) is 24.0 Å². The molecule has 1 aliphatic heterocycles. The fourth-order valence-corrected chi connectivity index (χ4v) is 3.31. The molecule has 0 aromatic carbocycles. The van der Waals surface area contributed by atoms with Gasteiger partial charge in [-0.2, -0.15) is 5.10 Å². The molecular formula is C20H38IN7O2. The number of hydrogen-bond acceptors (Lipinski definition) is 5. The van der Waals surface area contributed by atoms with Gasteiger partial charge in [0.05, 0.1) is 18.6 Å². The third kappa shape index (κ3) is 7.92. The number of aromatic nitrogens is 3.